The zero-order valence-electron chi connectivity index (χ0n) is 16.9. The lowest BCUT2D eigenvalue weighted by Gasteiger charge is -2.36. The lowest BCUT2D eigenvalue weighted by Crippen LogP contribution is -2.46. The van der Waals surface area contributed by atoms with Gasteiger partial charge in [-0.1, -0.05) is 17.7 Å². The van der Waals surface area contributed by atoms with E-state index in [-0.39, 0.29) is 6.79 Å². The predicted molar refractivity (Wildman–Crippen MR) is 109 cm³/mol. The van der Waals surface area contributed by atoms with Crippen molar-refractivity contribution in [2.45, 2.75) is 19.6 Å². The van der Waals surface area contributed by atoms with Gasteiger partial charge in [0.25, 0.3) is 0 Å². The van der Waals surface area contributed by atoms with Gasteiger partial charge in [0.1, 0.15) is 5.82 Å². The summed E-state index contributed by atoms with van der Waals surface area (Å²) in [7, 11) is 0. The van der Waals surface area contributed by atoms with Crippen molar-refractivity contribution in [1.29, 1.82) is 0 Å². The third-order valence-corrected chi connectivity index (χ3v) is 5.60. The number of alkyl halides is 3. The van der Waals surface area contributed by atoms with Gasteiger partial charge in [-0.25, -0.2) is 9.97 Å². The summed E-state index contributed by atoms with van der Waals surface area (Å²) in [6.07, 6.45) is -4.59. The summed E-state index contributed by atoms with van der Waals surface area (Å²) in [5.74, 6) is 0.754. The number of rotatable bonds is 3. The zero-order chi connectivity index (χ0) is 21.6. The Morgan fingerprint density at radius 1 is 0.935 bits per heavy atom. The molecule has 2 aromatic carbocycles. The first kappa shape index (κ1) is 19.9. The molecule has 1 aromatic heterocycles. The van der Waals surface area contributed by atoms with E-state index in [1.54, 1.807) is 12.1 Å². The van der Waals surface area contributed by atoms with Crippen molar-refractivity contribution in [2.75, 3.05) is 37.9 Å². The highest BCUT2D eigenvalue weighted by molar-refractivity contribution is 5.90. The molecule has 31 heavy (non-hydrogen) atoms. The molecule has 0 N–H and O–H groups in total. The Labute approximate surface area is 177 Å². The van der Waals surface area contributed by atoms with Gasteiger partial charge in [-0.2, -0.15) is 13.2 Å². The van der Waals surface area contributed by atoms with Crippen LogP contribution in [0.1, 0.15) is 17.0 Å². The van der Waals surface area contributed by atoms with Crippen molar-refractivity contribution in [3.8, 4) is 11.5 Å². The maximum Gasteiger partial charge on any atom is 0.451 e. The average Bonchev–Trinajstić information content (AvgIpc) is 3.21. The largest absolute Gasteiger partial charge is 0.454 e. The summed E-state index contributed by atoms with van der Waals surface area (Å²) in [6, 6.07) is 11.1. The van der Waals surface area contributed by atoms with Crippen LogP contribution in [0.2, 0.25) is 0 Å². The van der Waals surface area contributed by atoms with Gasteiger partial charge in [0.05, 0.1) is 5.52 Å². The molecule has 0 unspecified atom stereocenters. The minimum atomic E-state index is -4.59. The molecule has 5 rings (SSSR count). The second-order valence-corrected chi connectivity index (χ2v) is 7.84. The van der Waals surface area contributed by atoms with E-state index in [0.29, 0.717) is 42.9 Å². The van der Waals surface area contributed by atoms with Crippen LogP contribution in [0.4, 0.5) is 19.0 Å². The number of aryl methyl sites for hydroxylation is 1. The van der Waals surface area contributed by atoms with E-state index >= 15 is 0 Å². The highest BCUT2D eigenvalue weighted by Crippen LogP contribution is 2.34. The monoisotopic (exact) mass is 430 g/mol. The highest BCUT2D eigenvalue weighted by atomic mass is 19.4. The number of piperazine rings is 1. The van der Waals surface area contributed by atoms with Gasteiger partial charge in [-0.15, -0.1) is 0 Å². The number of hydrogen-bond acceptors (Lipinski definition) is 6. The lowest BCUT2D eigenvalue weighted by molar-refractivity contribution is -0.144. The van der Waals surface area contributed by atoms with Crippen molar-refractivity contribution >= 4 is 16.7 Å². The average molecular weight is 430 g/mol. The third-order valence-electron chi connectivity index (χ3n) is 5.60. The van der Waals surface area contributed by atoms with Gasteiger partial charge in [0, 0.05) is 38.1 Å². The van der Waals surface area contributed by atoms with Crippen LogP contribution >= 0.6 is 0 Å². The number of ether oxygens (including phenoxy) is 2. The van der Waals surface area contributed by atoms with Gasteiger partial charge < -0.3 is 14.4 Å². The molecule has 0 atom stereocenters. The Balaban J connectivity index is 1.35. The van der Waals surface area contributed by atoms with Crippen molar-refractivity contribution < 1.29 is 22.6 Å². The Morgan fingerprint density at radius 3 is 2.48 bits per heavy atom. The van der Waals surface area contributed by atoms with E-state index in [1.807, 2.05) is 36.1 Å². The summed E-state index contributed by atoms with van der Waals surface area (Å²) in [6.45, 7) is 5.49. The molecule has 162 valence electrons. The Morgan fingerprint density at radius 2 is 1.71 bits per heavy atom. The number of anilines is 1. The molecule has 2 aliphatic rings. The van der Waals surface area contributed by atoms with E-state index in [1.165, 1.54) is 0 Å². The minimum absolute atomic E-state index is 0.240. The van der Waals surface area contributed by atoms with Crippen molar-refractivity contribution in [3.05, 3.63) is 53.3 Å². The number of halogens is 3. The number of fused-ring (bicyclic) bond motifs is 2. The summed E-state index contributed by atoms with van der Waals surface area (Å²) in [5.41, 5.74) is 2.38. The lowest BCUT2D eigenvalue weighted by atomic mass is 10.1. The van der Waals surface area contributed by atoms with Crippen LogP contribution in [0.5, 0.6) is 11.5 Å². The molecule has 0 saturated carbocycles. The minimum Gasteiger partial charge on any atom is -0.454 e. The topological polar surface area (TPSA) is 50.7 Å². The van der Waals surface area contributed by atoms with Crippen LogP contribution in [0, 0.1) is 6.92 Å². The molecule has 3 aromatic rings. The molecule has 0 radical (unpaired) electrons. The first-order valence-electron chi connectivity index (χ1n) is 10.1. The van der Waals surface area contributed by atoms with E-state index in [4.69, 9.17) is 9.47 Å². The number of benzene rings is 2. The number of hydrogen-bond donors (Lipinski definition) is 0. The Bertz CT molecular complexity index is 1130. The van der Waals surface area contributed by atoms with Crippen LogP contribution in [-0.4, -0.2) is 47.8 Å². The standard InChI is InChI=1S/C22H21F3N4O2/c1-14-2-4-17-16(10-14)20(27-21(26-17)22(23,24)25)29-8-6-28(7-9-29)12-15-3-5-18-19(11-15)31-13-30-18/h2-5,10-11H,6-9,12-13H2,1H3. The van der Waals surface area contributed by atoms with Gasteiger partial charge in [0.2, 0.25) is 12.6 Å². The first-order chi connectivity index (χ1) is 14.9. The molecule has 6 nitrogen and oxygen atoms in total. The molecular formula is C22H21F3N4O2. The fraction of sp³-hybridized carbons (Fsp3) is 0.364. The van der Waals surface area contributed by atoms with Crippen LogP contribution in [0.15, 0.2) is 36.4 Å². The quantitative estimate of drug-likeness (QED) is 0.626. The van der Waals surface area contributed by atoms with Gasteiger partial charge in [-0.3, -0.25) is 4.90 Å². The Kier molecular flexibility index (Phi) is 4.85. The maximum atomic E-state index is 13.4. The van der Waals surface area contributed by atoms with Gasteiger partial charge in [0.15, 0.2) is 11.5 Å². The molecule has 1 fully saturated rings. The summed E-state index contributed by atoms with van der Waals surface area (Å²) in [4.78, 5) is 11.9. The zero-order valence-corrected chi connectivity index (χ0v) is 16.9. The molecule has 9 heteroatoms. The first-order valence-corrected chi connectivity index (χ1v) is 10.1. The smallest absolute Gasteiger partial charge is 0.451 e. The van der Waals surface area contributed by atoms with Gasteiger partial charge >= 0.3 is 6.18 Å². The molecule has 0 amide bonds. The number of aromatic nitrogens is 2. The molecule has 0 aliphatic carbocycles. The molecule has 0 bridgehead atoms. The van der Waals surface area contributed by atoms with E-state index in [0.717, 1.165) is 29.2 Å². The Hall–Kier alpha value is -3.07. The summed E-state index contributed by atoms with van der Waals surface area (Å²) >= 11 is 0. The summed E-state index contributed by atoms with van der Waals surface area (Å²) in [5, 5.41) is 0.650. The van der Waals surface area contributed by atoms with E-state index in [2.05, 4.69) is 14.9 Å². The summed E-state index contributed by atoms with van der Waals surface area (Å²) < 4.78 is 50.9. The van der Waals surface area contributed by atoms with Crippen LogP contribution in [-0.2, 0) is 12.7 Å². The van der Waals surface area contributed by atoms with Crippen LogP contribution in [0.3, 0.4) is 0 Å². The number of nitrogens with zero attached hydrogens (tertiary/aromatic N) is 4. The van der Waals surface area contributed by atoms with Gasteiger partial charge in [-0.05, 0) is 36.8 Å². The second kappa shape index (κ2) is 7.56. The molecule has 0 spiro atoms. The highest BCUT2D eigenvalue weighted by Gasteiger charge is 2.36. The van der Waals surface area contributed by atoms with E-state index in [9.17, 15) is 13.2 Å². The maximum absolute atomic E-state index is 13.4. The van der Waals surface area contributed by atoms with Crippen molar-refractivity contribution in [3.63, 3.8) is 0 Å². The normalized spacial score (nSPS) is 16.8. The SMILES string of the molecule is Cc1ccc2nc(C(F)(F)F)nc(N3CCN(Cc4ccc5c(c4)OCO5)CC3)c2c1. The van der Waals surface area contributed by atoms with Crippen LogP contribution in [0.25, 0.3) is 10.9 Å². The van der Waals surface area contributed by atoms with Crippen molar-refractivity contribution in [2.24, 2.45) is 0 Å². The second-order valence-electron chi connectivity index (χ2n) is 7.84. The molecule has 2 aliphatic heterocycles. The van der Waals surface area contributed by atoms with Crippen molar-refractivity contribution in [1.82, 2.24) is 14.9 Å². The molecular weight excluding hydrogens is 409 g/mol. The fourth-order valence-corrected chi connectivity index (χ4v) is 4.01. The third kappa shape index (κ3) is 3.97. The van der Waals surface area contributed by atoms with E-state index < -0.39 is 12.0 Å². The molecule has 1 saturated heterocycles. The fourth-order valence-electron chi connectivity index (χ4n) is 4.01. The molecule has 3 heterocycles. The predicted octanol–water partition coefficient (Wildman–Crippen LogP) is 4.01. The van der Waals surface area contributed by atoms with Crippen LogP contribution < -0.4 is 14.4 Å².